The number of alkyl carbamates (subject to hydrolysis) is 1. The molecule has 1 fully saturated rings. The molecule has 100 valence electrons. The summed E-state index contributed by atoms with van der Waals surface area (Å²) in [5.74, 6) is 0. The maximum absolute atomic E-state index is 11.7. The molecule has 1 heterocycles. The van der Waals surface area contributed by atoms with Gasteiger partial charge in [-0.1, -0.05) is 0 Å². The molecule has 4 nitrogen and oxygen atoms in total. The topological polar surface area (TPSA) is 41.6 Å². The van der Waals surface area contributed by atoms with Crippen LogP contribution in [0.2, 0.25) is 0 Å². The number of nitrogens with one attached hydrogen (secondary N) is 1. The lowest BCUT2D eigenvalue weighted by atomic mass is 10.1. The normalized spacial score (nSPS) is 18.2. The number of nitrogens with zero attached hydrogens (tertiary/aromatic N) is 1. The number of rotatable bonds is 3. The molecule has 4 heteroatoms. The Balaban J connectivity index is 2.39. The van der Waals surface area contributed by atoms with Gasteiger partial charge in [0.25, 0.3) is 0 Å². The molecule has 0 atom stereocenters. The van der Waals surface area contributed by atoms with Crippen LogP contribution in [0, 0.1) is 0 Å². The molecular weight excluding hydrogens is 216 g/mol. The van der Waals surface area contributed by atoms with Crippen LogP contribution >= 0.6 is 0 Å². The van der Waals surface area contributed by atoms with E-state index in [0.717, 1.165) is 19.6 Å². The van der Waals surface area contributed by atoms with Crippen molar-refractivity contribution in [3.63, 3.8) is 0 Å². The number of hydrogen-bond acceptors (Lipinski definition) is 3. The fourth-order valence-corrected chi connectivity index (χ4v) is 2.12. The molecule has 0 aromatic rings. The summed E-state index contributed by atoms with van der Waals surface area (Å²) >= 11 is 0. The lowest BCUT2D eigenvalue weighted by Gasteiger charge is -2.32. The van der Waals surface area contributed by atoms with Crippen LogP contribution in [-0.4, -0.2) is 41.8 Å². The number of carbonyl (C=O) groups excluding carboxylic acids is 1. The van der Waals surface area contributed by atoms with Gasteiger partial charge in [-0.05, 0) is 60.5 Å². The zero-order chi connectivity index (χ0) is 13.1. The Bertz CT molecular complexity index is 263. The second kappa shape index (κ2) is 5.25. The van der Waals surface area contributed by atoms with E-state index in [0.29, 0.717) is 0 Å². The van der Waals surface area contributed by atoms with Crippen LogP contribution in [0.3, 0.4) is 0 Å². The molecule has 0 bridgehead atoms. The number of hydrogen-bond donors (Lipinski definition) is 1. The molecule has 0 spiro atoms. The van der Waals surface area contributed by atoms with Crippen molar-refractivity contribution < 1.29 is 9.53 Å². The molecule has 0 aromatic carbocycles. The van der Waals surface area contributed by atoms with Crippen LogP contribution in [0.5, 0.6) is 0 Å². The molecule has 0 aromatic heterocycles. The number of carbonyl (C=O) groups is 1. The summed E-state index contributed by atoms with van der Waals surface area (Å²) in [6.07, 6.45) is 2.20. The Morgan fingerprint density at radius 1 is 1.18 bits per heavy atom. The van der Waals surface area contributed by atoms with E-state index in [1.54, 1.807) is 0 Å². The van der Waals surface area contributed by atoms with Crippen LogP contribution in [0.25, 0.3) is 0 Å². The molecule has 0 aliphatic carbocycles. The van der Waals surface area contributed by atoms with Gasteiger partial charge >= 0.3 is 6.09 Å². The molecule has 1 saturated heterocycles. The monoisotopic (exact) mass is 242 g/mol. The first-order chi connectivity index (χ1) is 7.68. The standard InChI is InChI=1S/C13H26N2O2/c1-12(2,3)17-11(16)14-13(4,5)10-15-8-6-7-9-15/h6-10H2,1-5H3,(H,14,16). The first kappa shape index (κ1) is 14.3. The van der Waals surface area contributed by atoms with Crippen LogP contribution in [0.1, 0.15) is 47.5 Å². The van der Waals surface area contributed by atoms with E-state index in [9.17, 15) is 4.79 Å². The average Bonchev–Trinajstić information content (AvgIpc) is 2.49. The third-order valence-corrected chi connectivity index (χ3v) is 2.66. The summed E-state index contributed by atoms with van der Waals surface area (Å²) in [6, 6.07) is 0. The average molecular weight is 242 g/mol. The lowest BCUT2D eigenvalue weighted by Crippen LogP contribution is -2.52. The van der Waals surface area contributed by atoms with Crippen molar-refractivity contribution in [2.24, 2.45) is 0 Å². The highest BCUT2D eigenvalue weighted by molar-refractivity contribution is 5.68. The number of likely N-dealkylation sites (tertiary alicyclic amines) is 1. The second-order valence-electron chi connectivity index (χ2n) is 6.49. The molecule has 0 unspecified atom stereocenters. The Labute approximate surface area is 105 Å². The summed E-state index contributed by atoms with van der Waals surface area (Å²) < 4.78 is 5.27. The molecule has 17 heavy (non-hydrogen) atoms. The van der Waals surface area contributed by atoms with E-state index >= 15 is 0 Å². The summed E-state index contributed by atoms with van der Waals surface area (Å²) in [5, 5.41) is 2.94. The quantitative estimate of drug-likeness (QED) is 0.826. The van der Waals surface area contributed by atoms with Gasteiger partial charge in [0.2, 0.25) is 0 Å². The van der Waals surface area contributed by atoms with Crippen molar-refractivity contribution in [3.05, 3.63) is 0 Å². The van der Waals surface area contributed by atoms with Crippen LogP contribution < -0.4 is 5.32 Å². The van der Waals surface area contributed by atoms with Gasteiger partial charge in [0.05, 0.1) is 5.54 Å². The van der Waals surface area contributed by atoms with Gasteiger partial charge in [0.15, 0.2) is 0 Å². The molecule has 0 radical (unpaired) electrons. The highest BCUT2D eigenvalue weighted by atomic mass is 16.6. The van der Waals surface area contributed by atoms with Crippen molar-refractivity contribution in [2.45, 2.75) is 58.6 Å². The second-order valence-corrected chi connectivity index (χ2v) is 6.49. The Hall–Kier alpha value is -0.770. The highest BCUT2D eigenvalue weighted by Gasteiger charge is 2.27. The van der Waals surface area contributed by atoms with E-state index in [2.05, 4.69) is 10.2 Å². The third-order valence-electron chi connectivity index (χ3n) is 2.66. The Morgan fingerprint density at radius 3 is 2.18 bits per heavy atom. The van der Waals surface area contributed by atoms with Crippen molar-refractivity contribution >= 4 is 6.09 Å². The first-order valence-electron chi connectivity index (χ1n) is 6.41. The van der Waals surface area contributed by atoms with E-state index in [-0.39, 0.29) is 11.6 Å². The predicted octanol–water partition coefficient (Wildman–Crippen LogP) is 2.39. The highest BCUT2D eigenvalue weighted by Crippen LogP contribution is 2.14. The molecule has 1 amide bonds. The van der Waals surface area contributed by atoms with E-state index < -0.39 is 5.60 Å². The van der Waals surface area contributed by atoms with Crippen molar-refractivity contribution in [2.75, 3.05) is 19.6 Å². The molecule has 1 aliphatic heterocycles. The van der Waals surface area contributed by atoms with Gasteiger partial charge in [0, 0.05) is 6.54 Å². The minimum atomic E-state index is -0.437. The van der Waals surface area contributed by atoms with Crippen LogP contribution in [-0.2, 0) is 4.74 Å². The van der Waals surface area contributed by atoms with Crippen molar-refractivity contribution in [3.8, 4) is 0 Å². The minimum Gasteiger partial charge on any atom is -0.444 e. The number of ether oxygens (including phenoxy) is 1. The summed E-state index contributed by atoms with van der Waals surface area (Å²) in [7, 11) is 0. The van der Waals surface area contributed by atoms with Crippen LogP contribution in [0.15, 0.2) is 0 Å². The zero-order valence-corrected chi connectivity index (χ0v) is 11.8. The first-order valence-corrected chi connectivity index (χ1v) is 6.41. The van der Waals surface area contributed by atoms with Crippen molar-refractivity contribution in [1.82, 2.24) is 10.2 Å². The van der Waals surface area contributed by atoms with E-state index in [4.69, 9.17) is 4.74 Å². The molecule has 1 rings (SSSR count). The fourth-order valence-electron chi connectivity index (χ4n) is 2.12. The van der Waals surface area contributed by atoms with E-state index in [1.165, 1.54) is 12.8 Å². The van der Waals surface area contributed by atoms with Gasteiger partial charge in [-0.3, -0.25) is 0 Å². The maximum atomic E-state index is 11.7. The zero-order valence-electron chi connectivity index (χ0n) is 11.8. The minimum absolute atomic E-state index is 0.243. The summed E-state index contributed by atoms with van der Waals surface area (Å²) in [6.45, 7) is 12.9. The van der Waals surface area contributed by atoms with Gasteiger partial charge < -0.3 is 15.0 Å². The SMILES string of the molecule is CC(C)(CN1CCCC1)NC(=O)OC(C)(C)C. The Kier molecular flexibility index (Phi) is 4.42. The van der Waals surface area contributed by atoms with Crippen LogP contribution in [0.4, 0.5) is 4.79 Å². The van der Waals surface area contributed by atoms with E-state index in [1.807, 2.05) is 34.6 Å². The fraction of sp³-hybridized carbons (Fsp3) is 0.923. The molecule has 0 saturated carbocycles. The molecular formula is C13H26N2O2. The predicted molar refractivity (Wildman–Crippen MR) is 69.1 cm³/mol. The maximum Gasteiger partial charge on any atom is 0.408 e. The molecule has 1 N–H and O–H groups in total. The summed E-state index contributed by atoms with van der Waals surface area (Å²) in [4.78, 5) is 14.1. The Morgan fingerprint density at radius 2 is 1.71 bits per heavy atom. The van der Waals surface area contributed by atoms with Gasteiger partial charge in [-0.2, -0.15) is 0 Å². The largest absolute Gasteiger partial charge is 0.444 e. The van der Waals surface area contributed by atoms with Gasteiger partial charge in [0.1, 0.15) is 5.60 Å². The van der Waals surface area contributed by atoms with Gasteiger partial charge in [-0.15, -0.1) is 0 Å². The van der Waals surface area contributed by atoms with Gasteiger partial charge in [-0.25, -0.2) is 4.79 Å². The smallest absolute Gasteiger partial charge is 0.408 e. The lowest BCUT2D eigenvalue weighted by molar-refractivity contribution is 0.0454. The number of amides is 1. The summed E-state index contributed by atoms with van der Waals surface area (Å²) in [5.41, 5.74) is -0.680. The molecule has 1 aliphatic rings. The van der Waals surface area contributed by atoms with Crippen molar-refractivity contribution in [1.29, 1.82) is 0 Å². The third kappa shape index (κ3) is 5.91.